The van der Waals surface area contributed by atoms with Gasteiger partial charge in [-0.15, -0.1) is 11.6 Å². The van der Waals surface area contributed by atoms with E-state index in [1.165, 1.54) is 0 Å². The van der Waals surface area contributed by atoms with Crippen LogP contribution in [-0.4, -0.2) is 21.4 Å². The molecule has 2 rings (SSSR count). The van der Waals surface area contributed by atoms with Crippen LogP contribution < -0.4 is 0 Å². The van der Waals surface area contributed by atoms with Gasteiger partial charge in [0.1, 0.15) is 6.67 Å². The van der Waals surface area contributed by atoms with Gasteiger partial charge in [-0.05, 0) is 18.2 Å². The van der Waals surface area contributed by atoms with Crippen LogP contribution in [0.4, 0.5) is 4.39 Å². The van der Waals surface area contributed by atoms with Crippen molar-refractivity contribution in [3.05, 3.63) is 36.3 Å². The highest BCUT2D eigenvalue weighted by Gasteiger charge is 2.08. The van der Waals surface area contributed by atoms with Gasteiger partial charge in [0.05, 0.1) is 23.8 Å². The Morgan fingerprint density at radius 3 is 2.94 bits per heavy atom. The first-order valence-electron chi connectivity index (χ1n) is 4.94. The maximum Gasteiger partial charge on any atom is 0.109 e. The van der Waals surface area contributed by atoms with Gasteiger partial charge in [-0.1, -0.05) is 0 Å². The third-order valence-corrected chi connectivity index (χ3v) is 2.53. The number of aromatic nitrogens is 3. The maximum atomic E-state index is 12.3. The van der Waals surface area contributed by atoms with Crippen molar-refractivity contribution in [2.45, 2.75) is 12.4 Å². The molecule has 0 radical (unpaired) electrons. The van der Waals surface area contributed by atoms with E-state index in [-0.39, 0.29) is 6.54 Å². The van der Waals surface area contributed by atoms with E-state index in [4.69, 9.17) is 11.6 Å². The second-order valence-electron chi connectivity index (χ2n) is 3.31. The van der Waals surface area contributed by atoms with Crippen LogP contribution in [0, 0.1) is 0 Å². The monoisotopic (exact) mass is 239 g/mol. The maximum absolute atomic E-state index is 12.3. The molecule has 2 aromatic heterocycles. The molecule has 0 aliphatic rings. The van der Waals surface area contributed by atoms with E-state index < -0.39 is 6.67 Å². The molecule has 0 aromatic carbocycles. The van der Waals surface area contributed by atoms with Gasteiger partial charge < -0.3 is 0 Å². The van der Waals surface area contributed by atoms with Gasteiger partial charge in [0, 0.05) is 18.0 Å². The van der Waals surface area contributed by atoms with Crippen molar-refractivity contribution < 1.29 is 4.39 Å². The summed E-state index contributed by atoms with van der Waals surface area (Å²) in [5.41, 5.74) is 2.50. The van der Waals surface area contributed by atoms with E-state index in [1.807, 2.05) is 18.2 Å². The van der Waals surface area contributed by atoms with Crippen LogP contribution in [0.1, 0.15) is 5.69 Å². The number of hydrogen-bond acceptors (Lipinski definition) is 2. The van der Waals surface area contributed by atoms with E-state index in [0.29, 0.717) is 5.88 Å². The highest BCUT2D eigenvalue weighted by molar-refractivity contribution is 6.16. The van der Waals surface area contributed by atoms with Crippen LogP contribution in [-0.2, 0) is 12.4 Å². The zero-order valence-electron chi connectivity index (χ0n) is 8.61. The number of nitrogens with zero attached hydrogens (tertiary/aromatic N) is 3. The minimum atomic E-state index is -0.446. The number of rotatable bonds is 4. The third kappa shape index (κ3) is 2.22. The molecule has 5 heteroatoms. The second-order valence-corrected chi connectivity index (χ2v) is 3.58. The molecule has 0 atom stereocenters. The largest absolute Gasteiger partial charge is 0.265 e. The number of alkyl halides is 2. The highest BCUT2D eigenvalue weighted by atomic mass is 35.5. The normalized spacial score (nSPS) is 10.6. The first kappa shape index (κ1) is 11.1. The van der Waals surface area contributed by atoms with Gasteiger partial charge in [0.25, 0.3) is 0 Å². The number of pyridine rings is 1. The number of hydrogen-bond donors (Lipinski definition) is 0. The van der Waals surface area contributed by atoms with E-state index in [2.05, 4.69) is 10.1 Å². The van der Waals surface area contributed by atoms with E-state index >= 15 is 0 Å². The lowest BCUT2D eigenvalue weighted by Gasteiger charge is -2.00. The number of halogens is 2. The minimum Gasteiger partial charge on any atom is -0.265 e. The van der Waals surface area contributed by atoms with Crippen molar-refractivity contribution in [1.29, 1.82) is 0 Å². The molecular formula is C11H11ClFN3. The lowest BCUT2D eigenvalue weighted by molar-refractivity contribution is 0.423. The van der Waals surface area contributed by atoms with Crippen LogP contribution >= 0.6 is 11.6 Å². The van der Waals surface area contributed by atoms with E-state index in [9.17, 15) is 4.39 Å². The van der Waals surface area contributed by atoms with Gasteiger partial charge in [0.15, 0.2) is 0 Å². The summed E-state index contributed by atoms with van der Waals surface area (Å²) in [6, 6.07) is 5.61. The Bertz CT molecular complexity index is 456. The fraction of sp³-hybridized carbons (Fsp3) is 0.273. The van der Waals surface area contributed by atoms with Crippen LogP contribution in [0.25, 0.3) is 11.3 Å². The molecule has 0 aliphatic carbocycles. The Morgan fingerprint density at radius 1 is 1.44 bits per heavy atom. The Labute approximate surface area is 97.9 Å². The van der Waals surface area contributed by atoms with Crippen molar-refractivity contribution >= 4 is 11.6 Å². The van der Waals surface area contributed by atoms with Crippen LogP contribution in [0.3, 0.4) is 0 Å². The Balaban J connectivity index is 2.36. The predicted octanol–water partition coefficient (Wildman–Crippen LogP) is 2.65. The van der Waals surface area contributed by atoms with Crippen molar-refractivity contribution in [2.75, 3.05) is 6.67 Å². The van der Waals surface area contributed by atoms with Crippen molar-refractivity contribution in [3.63, 3.8) is 0 Å². The summed E-state index contributed by atoms with van der Waals surface area (Å²) in [5, 5.41) is 4.29. The molecule has 84 valence electrons. The molecule has 0 bridgehead atoms. The molecule has 0 saturated carbocycles. The Kier molecular flexibility index (Phi) is 3.51. The van der Waals surface area contributed by atoms with Crippen LogP contribution in [0.15, 0.2) is 30.6 Å². The molecule has 3 nitrogen and oxygen atoms in total. The summed E-state index contributed by atoms with van der Waals surface area (Å²) >= 11 is 5.77. The minimum absolute atomic E-state index is 0.238. The molecule has 0 fully saturated rings. The lowest BCUT2D eigenvalue weighted by atomic mass is 10.2. The summed E-state index contributed by atoms with van der Waals surface area (Å²) in [5.74, 6) is 0.327. The van der Waals surface area contributed by atoms with Crippen LogP contribution in [0.2, 0.25) is 0 Å². The highest BCUT2D eigenvalue weighted by Crippen LogP contribution is 2.18. The summed E-state index contributed by atoms with van der Waals surface area (Å²) < 4.78 is 13.9. The average molecular weight is 240 g/mol. The Morgan fingerprint density at radius 2 is 2.31 bits per heavy atom. The SMILES string of the molecule is FCCn1nc(-c2cccnc2)cc1CCl. The molecule has 0 aliphatic heterocycles. The molecule has 0 saturated heterocycles. The predicted molar refractivity (Wildman–Crippen MR) is 61.0 cm³/mol. The molecule has 2 aromatic rings. The molecule has 0 amide bonds. The quantitative estimate of drug-likeness (QED) is 0.768. The third-order valence-electron chi connectivity index (χ3n) is 2.25. The smallest absolute Gasteiger partial charge is 0.109 e. The topological polar surface area (TPSA) is 30.7 Å². The summed E-state index contributed by atoms with van der Waals surface area (Å²) in [7, 11) is 0. The van der Waals surface area contributed by atoms with Gasteiger partial charge in [0.2, 0.25) is 0 Å². The molecule has 0 N–H and O–H groups in total. The fourth-order valence-corrected chi connectivity index (χ4v) is 1.71. The number of aryl methyl sites for hydroxylation is 1. The van der Waals surface area contributed by atoms with Gasteiger partial charge in [-0.2, -0.15) is 5.10 Å². The first-order chi connectivity index (χ1) is 7.85. The second kappa shape index (κ2) is 5.07. The molecule has 16 heavy (non-hydrogen) atoms. The average Bonchev–Trinajstić information content (AvgIpc) is 2.74. The van der Waals surface area contributed by atoms with Crippen LogP contribution in [0.5, 0.6) is 0 Å². The zero-order chi connectivity index (χ0) is 11.4. The molecular weight excluding hydrogens is 229 g/mol. The van der Waals surface area contributed by atoms with E-state index in [1.54, 1.807) is 17.1 Å². The molecule has 0 unspecified atom stereocenters. The van der Waals surface area contributed by atoms with Gasteiger partial charge in [-0.3, -0.25) is 9.67 Å². The summed E-state index contributed by atoms with van der Waals surface area (Å²) in [6.07, 6.45) is 3.42. The lowest BCUT2D eigenvalue weighted by Crippen LogP contribution is -2.05. The van der Waals surface area contributed by atoms with Crippen molar-refractivity contribution in [1.82, 2.24) is 14.8 Å². The summed E-state index contributed by atoms with van der Waals surface area (Å²) in [6.45, 7) is -0.208. The van der Waals surface area contributed by atoms with E-state index in [0.717, 1.165) is 17.0 Å². The Hall–Kier alpha value is -1.42. The van der Waals surface area contributed by atoms with Crippen molar-refractivity contribution in [3.8, 4) is 11.3 Å². The molecule has 2 heterocycles. The standard InChI is InChI=1S/C11H11ClFN3/c12-7-10-6-11(15-16(10)5-3-13)9-2-1-4-14-8-9/h1-2,4,6,8H,3,5,7H2. The zero-order valence-corrected chi connectivity index (χ0v) is 9.36. The molecule has 0 spiro atoms. The fourth-order valence-electron chi connectivity index (χ4n) is 1.49. The van der Waals surface area contributed by atoms with Gasteiger partial charge in [-0.25, -0.2) is 4.39 Å². The first-order valence-corrected chi connectivity index (χ1v) is 5.47. The summed E-state index contributed by atoms with van der Waals surface area (Å²) in [4.78, 5) is 4.02. The van der Waals surface area contributed by atoms with Crippen molar-refractivity contribution in [2.24, 2.45) is 0 Å². The van der Waals surface area contributed by atoms with Gasteiger partial charge >= 0.3 is 0 Å².